The summed E-state index contributed by atoms with van der Waals surface area (Å²) >= 11 is 0. The number of nitrogens with zero attached hydrogens (tertiary/aromatic N) is 3. The minimum Gasteiger partial charge on any atom is -0.326 e. The molecular formula is C23H21FN4O. The van der Waals surface area contributed by atoms with Crippen molar-refractivity contribution in [2.45, 2.75) is 26.7 Å². The first-order chi connectivity index (χ1) is 14.0. The van der Waals surface area contributed by atoms with Crippen LogP contribution in [0, 0.1) is 19.7 Å². The van der Waals surface area contributed by atoms with Crippen molar-refractivity contribution in [1.82, 2.24) is 14.6 Å². The first-order valence-corrected chi connectivity index (χ1v) is 9.48. The lowest BCUT2D eigenvalue weighted by Gasteiger charge is -2.11. The maximum absolute atomic E-state index is 13.6. The number of nitrogens with one attached hydrogen (secondary N) is 1. The van der Waals surface area contributed by atoms with Gasteiger partial charge in [0.15, 0.2) is 5.65 Å². The number of carbonyl (C=O) groups excluding carboxylic acids is 1. The van der Waals surface area contributed by atoms with E-state index in [1.165, 1.54) is 12.1 Å². The number of aryl methyl sites for hydroxylation is 2. The van der Waals surface area contributed by atoms with Crippen LogP contribution in [0.15, 0.2) is 60.7 Å². The Kier molecular flexibility index (Phi) is 5.08. The summed E-state index contributed by atoms with van der Waals surface area (Å²) < 4.78 is 15.3. The first kappa shape index (κ1) is 18.8. The van der Waals surface area contributed by atoms with Gasteiger partial charge in [-0.05, 0) is 50.1 Å². The Bertz CT molecular complexity index is 1180. The minimum absolute atomic E-state index is 0.0454. The molecule has 2 aromatic carbocycles. The largest absolute Gasteiger partial charge is 0.326 e. The SMILES string of the molecule is Cc1nc2cc(-c3cccc(F)c3)nn2c(C)c1CCC(=O)Nc1ccccc1. The fourth-order valence-electron chi connectivity index (χ4n) is 3.46. The van der Waals surface area contributed by atoms with Crippen LogP contribution >= 0.6 is 0 Å². The van der Waals surface area contributed by atoms with Crippen molar-refractivity contribution in [2.24, 2.45) is 0 Å². The molecule has 2 heterocycles. The lowest BCUT2D eigenvalue weighted by molar-refractivity contribution is -0.116. The number of amides is 1. The van der Waals surface area contributed by atoms with Crippen molar-refractivity contribution >= 4 is 17.2 Å². The maximum Gasteiger partial charge on any atom is 0.224 e. The van der Waals surface area contributed by atoms with Gasteiger partial charge in [0.1, 0.15) is 5.82 Å². The van der Waals surface area contributed by atoms with Gasteiger partial charge < -0.3 is 5.32 Å². The molecule has 146 valence electrons. The second-order valence-corrected chi connectivity index (χ2v) is 6.99. The Morgan fingerprint density at radius 2 is 1.86 bits per heavy atom. The number of halogens is 1. The maximum atomic E-state index is 13.6. The van der Waals surface area contributed by atoms with Crippen molar-refractivity contribution in [3.63, 3.8) is 0 Å². The number of fused-ring (bicyclic) bond motifs is 1. The molecule has 6 heteroatoms. The average Bonchev–Trinajstić information content (AvgIpc) is 3.13. The summed E-state index contributed by atoms with van der Waals surface area (Å²) in [4.78, 5) is 16.9. The highest BCUT2D eigenvalue weighted by atomic mass is 19.1. The van der Waals surface area contributed by atoms with E-state index in [0.717, 1.165) is 22.6 Å². The van der Waals surface area contributed by atoms with Crippen LogP contribution in [0.25, 0.3) is 16.9 Å². The van der Waals surface area contributed by atoms with Crippen LogP contribution in [0.3, 0.4) is 0 Å². The van der Waals surface area contributed by atoms with E-state index in [4.69, 9.17) is 0 Å². The molecule has 29 heavy (non-hydrogen) atoms. The number of aromatic nitrogens is 3. The zero-order chi connectivity index (χ0) is 20.4. The van der Waals surface area contributed by atoms with Gasteiger partial charge in [-0.15, -0.1) is 0 Å². The number of para-hydroxylation sites is 1. The van der Waals surface area contributed by atoms with Crippen LogP contribution in [0.1, 0.15) is 23.4 Å². The molecule has 4 aromatic rings. The highest BCUT2D eigenvalue weighted by Gasteiger charge is 2.14. The Hall–Kier alpha value is -3.54. The fraction of sp³-hybridized carbons (Fsp3) is 0.174. The van der Waals surface area contributed by atoms with Gasteiger partial charge >= 0.3 is 0 Å². The van der Waals surface area contributed by atoms with E-state index in [1.54, 1.807) is 10.6 Å². The summed E-state index contributed by atoms with van der Waals surface area (Å²) in [5, 5.41) is 7.51. The van der Waals surface area contributed by atoms with E-state index in [2.05, 4.69) is 15.4 Å². The summed E-state index contributed by atoms with van der Waals surface area (Å²) in [6.07, 6.45) is 0.913. The third kappa shape index (κ3) is 4.01. The van der Waals surface area contributed by atoms with Gasteiger partial charge in [0.25, 0.3) is 0 Å². The van der Waals surface area contributed by atoms with E-state index < -0.39 is 0 Å². The number of hydrogen-bond acceptors (Lipinski definition) is 3. The quantitative estimate of drug-likeness (QED) is 0.538. The smallest absolute Gasteiger partial charge is 0.224 e. The molecule has 0 bridgehead atoms. The molecule has 0 unspecified atom stereocenters. The number of carbonyl (C=O) groups is 1. The zero-order valence-electron chi connectivity index (χ0n) is 16.3. The van der Waals surface area contributed by atoms with E-state index in [-0.39, 0.29) is 11.7 Å². The zero-order valence-corrected chi connectivity index (χ0v) is 16.3. The molecule has 0 aliphatic heterocycles. The van der Waals surface area contributed by atoms with Crippen LogP contribution < -0.4 is 5.32 Å². The Labute approximate surface area is 168 Å². The molecule has 0 saturated carbocycles. The van der Waals surface area contributed by atoms with Crippen LogP contribution in [-0.2, 0) is 11.2 Å². The lowest BCUT2D eigenvalue weighted by Crippen LogP contribution is -2.14. The molecule has 0 aliphatic carbocycles. The van der Waals surface area contributed by atoms with Gasteiger partial charge in [-0.25, -0.2) is 13.9 Å². The van der Waals surface area contributed by atoms with E-state index >= 15 is 0 Å². The standard InChI is InChI=1S/C23H21FN4O/c1-15-20(11-12-23(29)26-19-9-4-3-5-10-19)16(2)28-22(25-15)14-21(27-28)17-7-6-8-18(24)13-17/h3-10,13-14H,11-12H2,1-2H3,(H,26,29). The summed E-state index contributed by atoms with van der Waals surface area (Å²) in [7, 11) is 0. The molecule has 5 nitrogen and oxygen atoms in total. The number of rotatable bonds is 5. The van der Waals surface area contributed by atoms with Gasteiger partial charge in [-0.3, -0.25) is 4.79 Å². The van der Waals surface area contributed by atoms with E-state index in [9.17, 15) is 9.18 Å². The average molecular weight is 388 g/mol. The lowest BCUT2D eigenvalue weighted by atomic mass is 10.1. The van der Waals surface area contributed by atoms with Crippen molar-refractivity contribution in [3.8, 4) is 11.3 Å². The second-order valence-electron chi connectivity index (χ2n) is 6.99. The van der Waals surface area contributed by atoms with Crippen molar-refractivity contribution < 1.29 is 9.18 Å². The molecule has 0 atom stereocenters. The predicted octanol–water partition coefficient (Wildman–Crippen LogP) is 4.72. The van der Waals surface area contributed by atoms with Crippen LogP contribution in [0.5, 0.6) is 0 Å². The first-order valence-electron chi connectivity index (χ1n) is 9.48. The molecule has 1 N–H and O–H groups in total. The topological polar surface area (TPSA) is 59.3 Å². The molecule has 0 aliphatic rings. The Balaban J connectivity index is 1.57. The molecular weight excluding hydrogens is 367 g/mol. The molecule has 0 saturated heterocycles. The van der Waals surface area contributed by atoms with Crippen LogP contribution in [0.4, 0.5) is 10.1 Å². The molecule has 1 amide bonds. The minimum atomic E-state index is -0.300. The van der Waals surface area contributed by atoms with Crippen molar-refractivity contribution in [1.29, 1.82) is 0 Å². The summed E-state index contributed by atoms with van der Waals surface area (Å²) in [5.41, 5.74) is 5.66. The monoisotopic (exact) mass is 388 g/mol. The predicted molar refractivity (Wildman–Crippen MR) is 111 cm³/mol. The van der Waals surface area contributed by atoms with Crippen LogP contribution in [0.2, 0.25) is 0 Å². The second kappa shape index (κ2) is 7.83. The van der Waals surface area contributed by atoms with Crippen molar-refractivity contribution in [2.75, 3.05) is 5.32 Å². The Morgan fingerprint density at radius 3 is 2.62 bits per heavy atom. The number of anilines is 1. The summed E-state index contributed by atoms with van der Waals surface area (Å²) in [5.74, 6) is -0.346. The molecule has 0 spiro atoms. The Morgan fingerprint density at radius 1 is 1.07 bits per heavy atom. The normalized spacial score (nSPS) is 11.0. The number of hydrogen-bond donors (Lipinski definition) is 1. The molecule has 0 fully saturated rings. The molecule has 2 aromatic heterocycles. The van der Waals surface area contributed by atoms with Gasteiger partial charge in [-0.2, -0.15) is 5.10 Å². The van der Waals surface area contributed by atoms with Gasteiger partial charge in [0.05, 0.1) is 5.69 Å². The molecule has 4 rings (SSSR count). The van der Waals surface area contributed by atoms with E-state index in [0.29, 0.717) is 29.7 Å². The van der Waals surface area contributed by atoms with Gasteiger partial charge in [-0.1, -0.05) is 30.3 Å². The van der Waals surface area contributed by atoms with Crippen molar-refractivity contribution in [3.05, 3.63) is 83.4 Å². The van der Waals surface area contributed by atoms with Crippen LogP contribution in [-0.4, -0.2) is 20.5 Å². The third-order valence-electron chi connectivity index (χ3n) is 4.94. The van der Waals surface area contributed by atoms with Gasteiger partial charge in [0.2, 0.25) is 5.91 Å². The highest BCUT2D eigenvalue weighted by molar-refractivity contribution is 5.90. The summed E-state index contributed by atoms with van der Waals surface area (Å²) in [6.45, 7) is 3.90. The van der Waals surface area contributed by atoms with E-state index in [1.807, 2.05) is 56.3 Å². The van der Waals surface area contributed by atoms with Gasteiger partial charge in [0, 0.05) is 35.1 Å². The number of benzene rings is 2. The fourth-order valence-corrected chi connectivity index (χ4v) is 3.46. The third-order valence-corrected chi connectivity index (χ3v) is 4.94. The molecule has 0 radical (unpaired) electrons. The highest BCUT2D eigenvalue weighted by Crippen LogP contribution is 2.23. The summed E-state index contributed by atoms with van der Waals surface area (Å²) in [6, 6.07) is 17.6.